The molecular formula is C16H19N3O. The molecule has 0 bridgehead atoms. The maximum absolute atomic E-state index is 9.98. The molecule has 20 heavy (non-hydrogen) atoms. The molecule has 1 aromatic heterocycles. The molecule has 0 aliphatic carbocycles. The number of hydrogen-bond donors (Lipinski definition) is 2. The Kier molecular flexibility index (Phi) is 3.56. The molecule has 0 saturated carbocycles. The summed E-state index contributed by atoms with van der Waals surface area (Å²) in [6.07, 6.45) is 0. The van der Waals surface area contributed by atoms with Gasteiger partial charge in [-0.1, -0.05) is 18.2 Å². The summed E-state index contributed by atoms with van der Waals surface area (Å²) in [6, 6.07) is 11.9. The van der Waals surface area contributed by atoms with Crippen LogP contribution in [0.25, 0.3) is 0 Å². The lowest BCUT2D eigenvalue weighted by atomic mass is 10.1. The van der Waals surface area contributed by atoms with Crippen LogP contribution >= 0.6 is 0 Å². The highest BCUT2D eigenvalue weighted by molar-refractivity contribution is 5.55. The Balaban J connectivity index is 1.92. The molecule has 0 atom stereocenters. The average Bonchev–Trinajstić information content (AvgIpc) is 2.66. The molecule has 1 aromatic carbocycles. The topological polar surface area (TPSA) is 48.4 Å². The monoisotopic (exact) mass is 269 g/mol. The molecule has 1 aliphatic heterocycles. The first-order valence-corrected chi connectivity index (χ1v) is 6.93. The molecule has 4 nitrogen and oxygen atoms in total. The summed E-state index contributed by atoms with van der Waals surface area (Å²) in [4.78, 5) is 6.73. The summed E-state index contributed by atoms with van der Waals surface area (Å²) in [5.74, 6) is 0.269. The number of para-hydroxylation sites is 1. The number of aromatic nitrogens is 1. The first kappa shape index (κ1) is 12.9. The van der Waals surface area contributed by atoms with Crippen molar-refractivity contribution < 1.29 is 5.11 Å². The Hall–Kier alpha value is -2.07. The number of aryl methyl sites for hydroxylation is 1. The number of aromatic hydroxyl groups is 1. The smallest absolute Gasteiger partial charge is 0.138 e. The second-order valence-electron chi connectivity index (χ2n) is 5.15. The van der Waals surface area contributed by atoms with Gasteiger partial charge in [-0.2, -0.15) is 0 Å². The van der Waals surface area contributed by atoms with Crippen molar-refractivity contribution in [1.29, 1.82) is 0 Å². The van der Waals surface area contributed by atoms with Crippen LogP contribution in [-0.4, -0.2) is 23.2 Å². The van der Waals surface area contributed by atoms with Gasteiger partial charge in [-0.25, -0.2) is 0 Å². The molecule has 1 aliphatic rings. The number of anilines is 1. The highest BCUT2D eigenvalue weighted by Gasteiger charge is 2.16. The third kappa shape index (κ3) is 2.60. The van der Waals surface area contributed by atoms with Crippen LogP contribution in [0.15, 0.2) is 36.4 Å². The number of hydrogen-bond acceptors (Lipinski definition) is 4. The van der Waals surface area contributed by atoms with Crippen molar-refractivity contribution >= 4 is 5.69 Å². The second kappa shape index (κ2) is 5.51. The van der Waals surface area contributed by atoms with Gasteiger partial charge in [0.25, 0.3) is 0 Å². The van der Waals surface area contributed by atoms with E-state index in [-0.39, 0.29) is 5.75 Å². The molecule has 2 heterocycles. The van der Waals surface area contributed by atoms with Gasteiger partial charge in [0.05, 0.1) is 6.54 Å². The number of rotatable bonds is 2. The van der Waals surface area contributed by atoms with Crippen molar-refractivity contribution in [1.82, 2.24) is 10.3 Å². The highest BCUT2D eigenvalue weighted by Crippen LogP contribution is 2.25. The van der Waals surface area contributed by atoms with Crippen LogP contribution in [-0.2, 0) is 13.1 Å². The van der Waals surface area contributed by atoms with Gasteiger partial charge in [-0.15, -0.1) is 0 Å². The van der Waals surface area contributed by atoms with Crippen LogP contribution in [0.1, 0.15) is 17.0 Å². The molecule has 4 heteroatoms. The lowest BCUT2D eigenvalue weighted by molar-refractivity contribution is 0.462. The molecule has 104 valence electrons. The van der Waals surface area contributed by atoms with E-state index < -0.39 is 0 Å². The van der Waals surface area contributed by atoms with E-state index in [0.717, 1.165) is 31.0 Å². The van der Waals surface area contributed by atoms with Gasteiger partial charge in [0.1, 0.15) is 11.4 Å². The van der Waals surface area contributed by atoms with E-state index in [9.17, 15) is 5.11 Å². The summed E-state index contributed by atoms with van der Waals surface area (Å²) in [5.41, 5.74) is 4.18. The van der Waals surface area contributed by atoms with Crippen molar-refractivity contribution in [3.8, 4) is 5.75 Å². The van der Waals surface area contributed by atoms with Gasteiger partial charge in [0.2, 0.25) is 0 Å². The first-order valence-electron chi connectivity index (χ1n) is 6.93. The van der Waals surface area contributed by atoms with Crippen LogP contribution in [0.2, 0.25) is 0 Å². The predicted molar refractivity (Wildman–Crippen MR) is 79.8 cm³/mol. The van der Waals surface area contributed by atoms with Crippen LogP contribution in [0.3, 0.4) is 0 Å². The van der Waals surface area contributed by atoms with Crippen molar-refractivity contribution in [3.05, 3.63) is 53.3 Å². The zero-order valence-corrected chi connectivity index (χ0v) is 11.6. The number of nitrogens with one attached hydrogen (secondary N) is 1. The van der Waals surface area contributed by atoms with Crippen molar-refractivity contribution in [2.45, 2.75) is 20.0 Å². The van der Waals surface area contributed by atoms with Gasteiger partial charge >= 0.3 is 0 Å². The minimum atomic E-state index is 0.269. The highest BCUT2D eigenvalue weighted by atomic mass is 16.3. The Morgan fingerprint density at radius 2 is 2.10 bits per heavy atom. The van der Waals surface area contributed by atoms with Crippen LogP contribution in [0, 0.1) is 6.92 Å². The van der Waals surface area contributed by atoms with Crippen molar-refractivity contribution in [3.63, 3.8) is 0 Å². The van der Waals surface area contributed by atoms with Crippen molar-refractivity contribution in [2.75, 3.05) is 18.0 Å². The number of benzene rings is 1. The third-order valence-corrected chi connectivity index (χ3v) is 3.64. The maximum Gasteiger partial charge on any atom is 0.138 e. The number of pyridine rings is 1. The molecule has 3 rings (SSSR count). The molecule has 0 unspecified atom stereocenters. The zero-order chi connectivity index (χ0) is 13.9. The Morgan fingerprint density at radius 1 is 1.25 bits per heavy atom. The third-order valence-electron chi connectivity index (χ3n) is 3.64. The second-order valence-corrected chi connectivity index (χ2v) is 5.15. The van der Waals surface area contributed by atoms with Gasteiger partial charge in [0, 0.05) is 31.0 Å². The molecule has 0 radical (unpaired) electrons. The van der Waals surface area contributed by atoms with E-state index in [4.69, 9.17) is 0 Å². The van der Waals surface area contributed by atoms with Crippen LogP contribution in [0.5, 0.6) is 5.75 Å². The van der Waals surface area contributed by atoms with E-state index in [2.05, 4.69) is 39.5 Å². The minimum absolute atomic E-state index is 0.269. The largest absolute Gasteiger partial charge is 0.506 e. The quantitative estimate of drug-likeness (QED) is 0.877. The molecule has 0 saturated heterocycles. The normalized spacial score (nSPS) is 14.8. The summed E-state index contributed by atoms with van der Waals surface area (Å²) in [6.45, 7) is 5.31. The molecule has 2 aromatic rings. The van der Waals surface area contributed by atoms with Gasteiger partial charge in [0.15, 0.2) is 0 Å². The van der Waals surface area contributed by atoms with Crippen LogP contribution in [0.4, 0.5) is 5.69 Å². The molecular weight excluding hydrogens is 250 g/mol. The van der Waals surface area contributed by atoms with E-state index in [1.54, 1.807) is 6.07 Å². The Labute approximate surface area is 119 Å². The summed E-state index contributed by atoms with van der Waals surface area (Å²) >= 11 is 0. The van der Waals surface area contributed by atoms with Crippen LogP contribution < -0.4 is 10.2 Å². The number of nitrogens with zero attached hydrogens (tertiary/aromatic N) is 2. The lowest BCUT2D eigenvalue weighted by Crippen LogP contribution is -2.28. The maximum atomic E-state index is 9.98. The Bertz CT molecular complexity index is 612. The predicted octanol–water partition coefficient (Wildman–Crippen LogP) is 2.21. The van der Waals surface area contributed by atoms with Gasteiger partial charge < -0.3 is 15.3 Å². The minimum Gasteiger partial charge on any atom is -0.506 e. The molecule has 2 N–H and O–H groups in total. The van der Waals surface area contributed by atoms with Gasteiger partial charge in [-0.05, 0) is 30.7 Å². The standard InChI is InChI=1S/C16H19N3O/c1-12-6-7-16(20)14(18-12)11-19-9-8-17-10-13-4-2-3-5-15(13)19/h2-7,17,20H,8-11H2,1H3. The SMILES string of the molecule is Cc1ccc(O)c(CN2CCNCc3ccccc32)n1. The molecule has 0 fully saturated rings. The molecule has 0 spiro atoms. The Morgan fingerprint density at radius 3 is 3.00 bits per heavy atom. The summed E-state index contributed by atoms with van der Waals surface area (Å²) in [7, 11) is 0. The fourth-order valence-electron chi connectivity index (χ4n) is 2.59. The first-order chi connectivity index (χ1) is 9.74. The fraction of sp³-hybridized carbons (Fsp3) is 0.312. The van der Waals surface area contributed by atoms with E-state index in [0.29, 0.717) is 6.54 Å². The summed E-state index contributed by atoms with van der Waals surface area (Å²) < 4.78 is 0. The van der Waals surface area contributed by atoms with E-state index in [1.165, 1.54) is 11.3 Å². The average molecular weight is 269 g/mol. The van der Waals surface area contributed by atoms with Crippen molar-refractivity contribution in [2.24, 2.45) is 0 Å². The van der Waals surface area contributed by atoms with Gasteiger partial charge in [-0.3, -0.25) is 4.98 Å². The summed E-state index contributed by atoms with van der Waals surface area (Å²) in [5, 5.41) is 13.4. The van der Waals surface area contributed by atoms with E-state index >= 15 is 0 Å². The van der Waals surface area contributed by atoms with E-state index in [1.807, 2.05) is 13.0 Å². The molecule has 0 amide bonds. The lowest BCUT2D eigenvalue weighted by Gasteiger charge is -2.24. The number of fused-ring (bicyclic) bond motifs is 1. The zero-order valence-electron chi connectivity index (χ0n) is 11.6. The fourth-order valence-corrected chi connectivity index (χ4v) is 2.59.